The molecule has 1 fully saturated rings. The van der Waals surface area contributed by atoms with E-state index in [1.54, 1.807) is 19.2 Å². The highest BCUT2D eigenvalue weighted by Crippen LogP contribution is 2.42. The number of nitrogens with one attached hydrogen (secondary N) is 1. The molecule has 0 bridgehead atoms. The van der Waals surface area contributed by atoms with E-state index in [0.29, 0.717) is 11.5 Å². The molecule has 0 unspecified atom stereocenters. The van der Waals surface area contributed by atoms with Gasteiger partial charge in [-0.25, -0.2) is 4.79 Å². The zero-order valence-electron chi connectivity index (χ0n) is 19.6. The normalized spacial score (nSPS) is 18.8. The summed E-state index contributed by atoms with van der Waals surface area (Å²) in [6.45, 7) is 3.82. The number of H-pyrrole nitrogens is 1. The number of hydrogen-bond donors (Lipinski definition) is 2. The first-order chi connectivity index (χ1) is 16.5. The molecule has 3 aromatic carbocycles. The molecule has 1 aromatic heterocycles. The van der Waals surface area contributed by atoms with Gasteiger partial charge in [0.1, 0.15) is 5.75 Å². The van der Waals surface area contributed by atoms with Crippen LogP contribution in [0.1, 0.15) is 57.4 Å². The summed E-state index contributed by atoms with van der Waals surface area (Å²) < 4.78 is 5.81. The number of carboxylic acid groups (broad SMARTS) is 1. The van der Waals surface area contributed by atoms with Crippen LogP contribution >= 0.6 is 0 Å². The second-order valence-corrected chi connectivity index (χ2v) is 9.19. The van der Waals surface area contributed by atoms with Crippen molar-refractivity contribution in [2.45, 2.75) is 38.3 Å². The molecule has 1 saturated heterocycles. The molecule has 1 aliphatic rings. The largest absolute Gasteiger partial charge is 0.496 e. The highest BCUT2D eigenvalue weighted by atomic mass is 16.5. The lowest BCUT2D eigenvalue weighted by Crippen LogP contribution is -2.36. The van der Waals surface area contributed by atoms with Gasteiger partial charge in [0.25, 0.3) is 0 Å². The van der Waals surface area contributed by atoms with Gasteiger partial charge >= 0.3 is 5.97 Å². The van der Waals surface area contributed by atoms with E-state index < -0.39 is 5.97 Å². The predicted octanol–water partition coefficient (Wildman–Crippen LogP) is 6.30. The Morgan fingerprint density at radius 1 is 1.09 bits per heavy atom. The summed E-state index contributed by atoms with van der Waals surface area (Å²) in [4.78, 5) is 17.3. The summed E-state index contributed by atoms with van der Waals surface area (Å²) in [5, 5.41) is 10.6. The number of piperidine rings is 1. The van der Waals surface area contributed by atoms with Crippen molar-refractivity contribution in [2.75, 3.05) is 13.7 Å². The predicted molar refractivity (Wildman–Crippen MR) is 135 cm³/mol. The topological polar surface area (TPSA) is 65.6 Å². The fourth-order valence-corrected chi connectivity index (χ4v) is 5.41. The summed E-state index contributed by atoms with van der Waals surface area (Å²) in [5.74, 6) is 0.483. The number of methoxy groups -OCH3 is 1. The average molecular weight is 455 g/mol. The van der Waals surface area contributed by atoms with Crippen molar-refractivity contribution in [1.29, 1.82) is 0 Å². The van der Waals surface area contributed by atoms with Gasteiger partial charge in [-0.05, 0) is 73.2 Å². The molecule has 5 nitrogen and oxygen atoms in total. The van der Waals surface area contributed by atoms with E-state index in [1.807, 2.05) is 18.3 Å². The van der Waals surface area contributed by atoms with Gasteiger partial charge in [0.15, 0.2) is 0 Å². The van der Waals surface area contributed by atoms with Crippen LogP contribution in [0, 0.1) is 6.92 Å². The molecular weight excluding hydrogens is 424 g/mol. The Kier molecular flexibility index (Phi) is 6.12. The highest BCUT2D eigenvalue weighted by Gasteiger charge is 2.31. The van der Waals surface area contributed by atoms with Crippen molar-refractivity contribution in [2.24, 2.45) is 0 Å². The third kappa shape index (κ3) is 4.19. The minimum absolute atomic E-state index is 0.182. The molecular formula is C29H30N2O3. The van der Waals surface area contributed by atoms with Crippen LogP contribution < -0.4 is 4.74 Å². The standard InChI is InChI=1S/C29H30N2O3/c1-19-16-27(34-2)25(24-12-14-30-28(19)24)18-31-15-13-23(20-6-4-3-5-7-20)17-26(31)21-8-10-22(11-9-21)29(32)33/h3-12,14,16,23,26,30H,13,15,17-18H2,1-2H3,(H,32,33)/t23-,26-/m1/s1. The summed E-state index contributed by atoms with van der Waals surface area (Å²) in [7, 11) is 1.74. The molecule has 5 rings (SSSR count). The maximum absolute atomic E-state index is 11.4. The lowest BCUT2D eigenvalue weighted by molar-refractivity contribution is 0.0696. The first kappa shape index (κ1) is 22.2. The van der Waals surface area contributed by atoms with Crippen molar-refractivity contribution in [3.63, 3.8) is 0 Å². The number of aromatic amines is 1. The van der Waals surface area contributed by atoms with E-state index in [9.17, 15) is 9.90 Å². The van der Waals surface area contributed by atoms with Gasteiger partial charge in [0.2, 0.25) is 0 Å². The molecule has 0 saturated carbocycles. The lowest BCUT2D eigenvalue weighted by Gasteiger charge is -2.40. The molecule has 0 amide bonds. The average Bonchev–Trinajstić information content (AvgIpc) is 3.37. The molecule has 2 atom stereocenters. The number of likely N-dealkylation sites (tertiary alicyclic amines) is 1. The van der Waals surface area contributed by atoms with Crippen LogP contribution in [0.2, 0.25) is 0 Å². The van der Waals surface area contributed by atoms with E-state index in [2.05, 4.69) is 59.3 Å². The summed E-state index contributed by atoms with van der Waals surface area (Å²) in [6, 6.07) is 22.5. The molecule has 5 heteroatoms. The van der Waals surface area contributed by atoms with Gasteiger partial charge in [-0.15, -0.1) is 0 Å². The Balaban J connectivity index is 1.51. The number of fused-ring (bicyclic) bond motifs is 1. The number of aryl methyl sites for hydroxylation is 1. The number of benzene rings is 3. The highest BCUT2D eigenvalue weighted by molar-refractivity contribution is 5.88. The minimum Gasteiger partial charge on any atom is -0.496 e. The molecule has 34 heavy (non-hydrogen) atoms. The zero-order chi connectivity index (χ0) is 23.7. The van der Waals surface area contributed by atoms with Gasteiger partial charge in [-0.1, -0.05) is 42.5 Å². The van der Waals surface area contributed by atoms with E-state index in [4.69, 9.17) is 4.74 Å². The number of carboxylic acids is 1. The summed E-state index contributed by atoms with van der Waals surface area (Å²) in [5.41, 5.74) is 6.36. The first-order valence-corrected chi connectivity index (χ1v) is 11.8. The number of rotatable bonds is 6. The summed E-state index contributed by atoms with van der Waals surface area (Å²) in [6.07, 6.45) is 4.06. The van der Waals surface area contributed by atoms with Crippen LogP contribution in [0.4, 0.5) is 0 Å². The van der Waals surface area contributed by atoms with Gasteiger partial charge in [-0.2, -0.15) is 0 Å². The first-order valence-electron chi connectivity index (χ1n) is 11.8. The smallest absolute Gasteiger partial charge is 0.335 e. The number of nitrogens with zero attached hydrogens (tertiary/aromatic N) is 1. The monoisotopic (exact) mass is 454 g/mol. The van der Waals surface area contributed by atoms with Gasteiger partial charge < -0.3 is 14.8 Å². The van der Waals surface area contributed by atoms with Crippen molar-refractivity contribution >= 4 is 16.9 Å². The van der Waals surface area contributed by atoms with Gasteiger partial charge in [0, 0.05) is 35.2 Å². The third-order valence-corrected chi connectivity index (χ3v) is 7.22. The van der Waals surface area contributed by atoms with E-state index >= 15 is 0 Å². The zero-order valence-corrected chi connectivity index (χ0v) is 19.6. The van der Waals surface area contributed by atoms with E-state index in [-0.39, 0.29) is 6.04 Å². The van der Waals surface area contributed by atoms with Crippen molar-refractivity contribution in [3.05, 3.63) is 101 Å². The van der Waals surface area contributed by atoms with Crippen LogP contribution in [0.3, 0.4) is 0 Å². The molecule has 0 radical (unpaired) electrons. The van der Waals surface area contributed by atoms with Crippen LogP contribution in [-0.2, 0) is 6.54 Å². The summed E-state index contributed by atoms with van der Waals surface area (Å²) >= 11 is 0. The molecule has 0 aliphatic carbocycles. The molecule has 2 N–H and O–H groups in total. The molecule has 1 aliphatic heterocycles. The Hall–Kier alpha value is -3.57. The van der Waals surface area contributed by atoms with Crippen LogP contribution in [-0.4, -0.2) is 34.6 Å². The number of aromatic nitrogens is 1. The van der Waals surface area contributed by atoms with E-state index in [0.717, 1.165) is 42.8 Å². The number of carbonyl (C=O) groups is 1. The van der Waals surface area contributed by atoms with Crippen molar-refractivity contribution in [1.82, 2.24) is 9.88 Å². The Morgan fingerprint density at radius 3 is 2.56 bits per heavy atom. The second kappa shape index (κ2) is 9.35. The Bertz CT molecular complexity index is 1290. The van der Waals surface area contributed by atoms with Gasteiger partial charge in [0.05, 0.1) is 12.7 Å². The quantitative estimate of drug-likeness (QED) is 0.359. The molecule has 0 spiro atoms. The van der Waals surface area contributed by atoms with Gasteiger partial charge in [-0.3, -0.25) is 4.90 Å². The molecule has 2 heterocycles. The number of ether oxygens (including phenoxy) is 1. The second-order valence-electron chi connectivity index (χ2n) is 9.19. The van der Waals surface area contributed by atoms with Crippen molar-refractivity contribution in [3.8, 4) is 5.75 Å². The van der Waals surface area contributed by atoms with Crippen LogP contribution in [0.25, 0.3) is 10.9 Å². The minimum atomic E-state index is -0.895. The lowest BCUT2D eigenvalue weighted by atomic mass is 9.82. The fourth-order valence-electron chi connectivity index (χ4n) is 5.41. The number of aromatic carboxylic acids is 1. The Labute approximate surface area is 200 Å². The maximum Gasteiger partial charge on any atom is 0.335 e. The number of hydrogen-bond acceptors (Lipinski definition) is 3. The SMILES string of the molecule is COc1cc(C)c2[nH]ccc2c1CN1CC[C@@H](c2ccccc2)C[C@@H]1c1ccc(C(=O)O)cc1. The Morgan fingerprint density at radius 2 is 1.85 bits per heavy atom. The fraction of sp³-hybridized carbons (Fsp3) is 0.276. The van der Waals surface area contributed by atoms with Crippen LogP contribution in [0.15, 0.2) is 72.9 Å². The van der Waals surface area contributed by atoms with Crippen molar-refractivity contribution < 1.29 is 14.6 Å². The van der Waals surface area contributed by atoms with E-state index in [1.165, 1.54) is 22.1 Å². The molecule has 174 valence electrons. The van der Waals surface area contributed by atoms with Crippen LogP contribution in [0.5, 0.6) is 5.75 Å². The third-order valence-electron chi connectivity index (χ3n) is 7.22. The maximum atomic E-state index is 11.4. The molecule has 4 aromatic rings.